The summed E-state index contributed by atoms with van der Waals surface area (Å²) in [5, 5.41) is 13.1. The molecule has 50 heavy (non-hydrogen) atoms. The van der Waals surface area contributed by atoms with Crippen molar-refractivity contribution in [3.05, 3.63) is 63.7 Å². The Kier molecular flexibility index (Phi) is 22.5. The number of carbonyl (C=O) groups excluding carboxylic acids is 4. The van der Waals surface area contributed by atoms with E-state index in [0.717, 1.165) is 56.2 Å². The van der Waals surface area contributed by atoms with E-state index < -0.39 is 11.0 Å². The lowest BCUT2D eigenvalue weighted by Crippen LogP contribution is -2.35. The van der Waals surface area contributed by atoms with Crippen LogP contribution in [-0.2, 0) is 32.3 Å². The molecule has 0 aliphatic carbocycles. The minimum absolute atomic E-state index is 0.0144. The Bertz CT molecular complexity index is 1330. The Morgan fingerprint density at radius 3 is 2.18 bits per heavy atom. The number of hydrogen-bond acceptors (Lipinski definition) is 11. The first-order valence-corrected chi connectivity index (χ1v) is 17.2. The lowest BCUT2D eigenvalue weighted by atomic mass is 10.1. The largest absolute Gasteiger partial charge is 0.429 e. The molecule has 15 heteroatoms. The van der Waals surface area contributed by atoms with Gasteiger partial charge in [-0.2, -0.15) is 12.6 Å². The minimum atomic E-state index is -0.523. The van der Waals surface area contributed by atoms with Gasteiger partial charge in [-0.05, 0) is 62.5 Å². The smallest absolute Gasteiger partial charge is 0.415 e. The van der Waals surface area contributed by atoms with Gasteiger partial charge in [0.15, 0.2) is 0 Å². The molecule has 0 heterocycles. The van der Waals surface area contributed by atoms with Crippen molar-refractivity contribution in [1.82, 2.24) is 20.0 Å². The molecule has 3 amide bonds. The topological polar surface area (TPSA) is 161 Å². The molecule has 14 nitrogen and oxygen atoms in total. The zero-order chi connectivity index (χ0) is 37.3. The van der Waals surface area contributed by atoms with Gasteiger partial charge in [0.1, 0.15) is 11.5 Å². The van der Waals surface area contributed by atoms with Crippen LogP contribution in [-0.4, -0.2) is 104 Å². The van der Waals surface area contributed by atoms with Gasteiger partial charge in [0.25, 0.3) is 12.2 Å². The fourth-order valence-electron chi connectivity index (χ4n) is 4.53. The van der Waals surface area contributed by atoms with Gasteiger partial charge in [-0.1, -0.05) is 31.7 Å². The van der Waals surface area contributed by atoms with Crippen LogP contribution in [0.25, 0.3) is 0 Å². The van der Waals surface area contributed by atoms with Gasteiger partial charge in [0.05, 0.1) is 11.5 Å². The van der Waals surface area contributed by atoms with Crippen LogP contribution in [0.3, 0.4) is 0 Å². The molecule has 0 atom stereocenters. The number of likely N-dealkylation sites (N-methyl/N-ethyl adjacent to an activating group) is 2. The van der Waals surface area contributed by atoms with Gasteiger partial charge in [-0.25, -0.2) is 4.79 Å². The molecule has 2 aromatic carbocycles. The highest BCUT2D eigenvalue weighted by molar-refractivity contribution is 7.80. The average molecular weight is 720 g/mol. The highest BCUT2D eigenvalue weighted by Gasteiger charge is 2.18. The number of thiol groups is 1. The number of carbonyl (C=O) groups is 4. The van der Waals surface area contributed by atoms with Crippen molar-refractivity contribution in [2.24, 2.45) is 0 Å². The maximum atomic E-state index is 12.7. The maximum absolute atomic E-state index is 12.7. The molecule has 0 aliphatic rings. The van der Waals surface area contributed by atoms with Gasteiger partial charge < -0.3 is 34.2 Å². The van der Waals surface area contributed by atoms with Crippen molar-refractivity contribution in [2.75, 3.05) is 60.2 Å². The molecule has 0 bridgehead atoms. The molecule has 2 rings (SSSR count). The number of amides is 3. The van der Waals surface area contributed by atoms with Crippen molar-refractivity contribution in [3.8, 4) is 11.5 Å². The first kappa shape index (κ1) is 43.8. The Morgan fingerprint density at radius 1 is 0.940 bits per heavy atom. The van der Waals surface area contributed by atoms with Crippen LogP contribution < -0.4 is 14.8 Å². The summed E-state index contributed by atoms with van der Waals surface area (Å²) in [4.78, 5) is 61.4. The number of nitrogens with one attached hydrogen (secondary N) is 1. The molecule has 0 saturated heterocycles. The Labute approximate surface area is 301 Å². The van der Waals surface area contributed by atoms with Crippen LogP contribution in [0.1, 0.15) is 63.0 Å². The summed E-state index contributed by atoms with van der Waals surface area (Å²) in [7, 11) is 7.26. The van der Waals surface area contributed by atoms with E-state index in [9.17, 15) is 29.3 Å². The van der Waals surface area contributed by atoms with Crippen LogP contribution in [0.15, 0.2) is 42.5 Å². The predicted molar refractivity (Wildman–Crippen MR) is 194 cm³/mol. The number of unbranched alkanes of at least 4 members (excludes halogenated alkanes) is 5. The van der Waals surface area contributed by atoms with E-state index in [-0.39, 0.29) is 29.7 Å². The van der Waals surface area contributed by atoms with Crippen LogP contribution in [0.2, 0.25) is 0 Å². The van der Waals surface area contributed by atoms with Gasteiger partial charge in [0, 0.05) is 77.9 Å². The second kappa shape index (κ2) is 25.7. The number of methoxy groups -OCH3 is 1. The molecule has 278 valence electrons. The van der Waals surface area contributed by atoms with Crippen molar-refractivity contribution in [3.63, 3.8) is 0 Å². The molecule has 1 N–H and O–H groups in total. The average Bonchev–Trinajstić information content (AvgIpc) is 3.07. The third kappa shape index (κ3) is 19.1. The summed E-state index contributed by atoms with van der Waals surface area (Å²) < 4.78 is 15.4. The van der Waals surface area contributed by atoms with E-state index in [4.69, 9.17) is 9.47 Å². The van der Waals surface area contributed by atoms with Crippen LogP contribution in [0.5, 0.6) is 11.5 Å². The quantitative estimate of drug-likeness (QED) is 0.0552. The van der Waals surface area contributed by atoms with E-state index in [0.29, 0.717) is 50.7 Å². The highest BCUT2D eigenvalue weighted by atomic mass is 32.1. The molecule has 0 aliphatic heterocycles. The summed E-state index contributed by atoms with van der Waals surface area (Å²) in [5.74, 6) is 1.36. The molecule has 0 radical (unpaired) electrons. The molecule has 0 spiro atoms. The van der Waals surface area contributed by atoms with Crippen LogP contribution >= 0.6 is 12.6 Å². The summed E-state index contributed by atoms with van der Waals surface area (Å²) in [6.45, 7) is 5.27. The van der Waals surface area contributed by atoms with Gasteiger partial charge in [-0.3, -0.25) is 24.5 Å². The molecule has 2 aromatic rings. The molecule has 0 saturated carbocycles. The van der Waals surface area contributed by atoms with Crippen LogP contribution in [0.4, 0.5) is 10.5 Å². The lowest BCUT2D eigenvalue weighted by molar-refractivity contribution is -0.384. The third-order valence-electron chi connectivity index (χ3n) is 7.38. The fraction of sp³-hybridized carbons (Fsp3) is 0.543. The summed E-state index contributed by atoms with van der Waals surface area (Å²) in [6, 6.07) is 10.8. The molecular formula is C35H53N5O9S. The number of nitrogens with zero attached hydrogens (tertiary/aromatic N) is 4. The number of benzene rings is 2. The van der Waals surface area contributed by atoms with Gasteiger partial charge >= 0.3 is 6.09 Å². The van der Waals surface area contributed by atoms with Crippen molar-refractivity contribution >= 4 is 42.7 Å². The van der Waals surface area contributed by atoms with E-state index in [1.54, 1.807) is 36.9 Å². The van der Waals surface area contributed by atoms with E-state index >= 15 is 0 Å². The fourth-order valence-corrected chi connectivity index (χ4v) is 4.74. The number of nitro groups is 1. The Balaban J connectivity index is 0.000000871. The number of non-ortho nitro benzene ring substituents is 1. The number of hydrogen-bond donors (Lipinski definition) is 2. The first-order valence-electron chi connectivity index (χ1n) is 16.6. The minimum Gasteiger partial charge on any atom is -0.429 e. The highest BCUT2D eigenvalue weighted by Crippen LogP contribution is 2.24. The Morgan fingerprint density at radius 2 is 1.60 bits per heavy atom. The SMILES string of the molecule is COCc1ccc(OC(=O)N(C)CCN(C)C)c(CN(CCCCCCCCNC(=O)CCS)C(C)=O)c1.O=COc1ccc([N+](=O)[O-])cc1. The van der Waals surface area contributed by atoms with Gasteiger partial charge in [0.2, 0.25) is 11.8 Å². The zero-order valence-corrected chi connectivity index (χ0v) is 30.8. The standard InChI is InChI=1S/C28H48N4O5S.C7H5NO4/c1-23(33)32(16-11-9-7-6-8-10-15-29-27(34)14-19-38)21-25-20-24(22-36-5)12-13-26(25)37-28(35)31(4)18-17-30(2)3;9-5-12-7-3-1-6(2-4-7)8(10)11/h12-13,20,38H,6-11,14-19,21-22H2,1-5H3,(H,29,34);1-5H. The maximum Gasteiger partial charge on any atom is 0.415 e. The van der Waals surface area contributed by atoms with E-state index in [1.165, 1.54) is 24.3 Å². The second-order valence-corrected chi connectivity index (χ2v) is 12.3. The molecule has 0 aromatic heterocycles. The molecule has 0 fully saturated rings. The van der Waals surface area contributed by atoms with Gasteiger partial charge in [-0.15, -0.1) is 0 Å². The normalized spacial score (nSPS) is 10.5. The first-order chi connectivity index (χ1) is 23.9. The van der Waals surface area contributed by atoms with Crippen LogP contribution in [0, 0.1) is 10.1 Å². The second-order valence-electron chi connectivity index (χ2n) is 11.8. The van der Waals surface area contributed by atoms with Crippen molar-refractivity contribution in [1.29, 1.82) is 0 Å². The van der Waals surface area contributed by atoms with Crippen molar-refractivity contribution < 1.29 is 38.3 Å². The number of ether oxygens (including phenoxy) is 3. The Hall–Kier alpha value is -4.21. The number of rotatable bonds is 22. The van der Waals surface area contributed by atoms with E-state index in [2.05, 4.69) is 22.7 Å². The zero-order valence-electron chi connectivity index (χ0n) is 29.9. The summed E-state index contributed by atoms with van der Waals surface area (Å²) >= 11 is 4.06. The third-order valence-corrected chi connectivity index (χ3v) is 7.61. The lowest BCUT2D eigenvalue weighted by Gasteiger charge is -2.24. The van der Waals surface area contributed by atoms with E-state index in [1.807, 2.05) is 31.1 Å². The predicted octanol–water partition coefficient (Wildman–Crippen LogP) is 5.08. The monoisotopic (exact) mass is 719 g/mol. The molecular weight excluding hydrogens is 666 g/mol. The summed E-state index contributed by atoms with van der Waals surface area (Å²) in [6.07, 6.45) is 6.19. The summed E-state index contributed by atoms with van der Waals surface area (Å²) in [5.41, 5.74) is 1.70. The van der Waals surface area contributed by atoms with Crippen molar-refractivity contribution in [2.45, 2.75) is 65.0 Å². The molecule has 0 unspecified atom stereocenters. The number of nitro benzene ring substituents is 1.